The smallest absolute Gasteiger partial charge is 0.234 e. The number of nitrogens with one attached hydrogen (secondary N) is 1. The van der Waals surface area contributed by atoms with Crippen LogP contribution in [-0.4, -0.2) is 22.6 Å². The van der Waals surface area contributed by atoms with E-state index in [1.165, 1.54) is 13.2 Å². The molecule has 0 heterocycles. The molecule has 2 rings (SSSR count). The lowest BCUT2D eigenvalue weighted by Gasteiger charge is -2.17. The summed E-state index contributed by atoms with van der Waals surface area (Å²) in [5, 5.41) is 1.72. The zero-order chi connectivity index (χ0) is 18.4. The minimum atomic E-state index is -3.64. The van der Waals surface area contributed by atoms with E-state index in [1.54, 1.807) is 56.5 Å². The Morgan fingerprint density at radius 1 is 1.08 bits per heavy atom. The van der Waals surface area contributed by atoms with Crippen LogP contribution in [0.1, 0.15) is 24.1 Å². The van der Waals surface area contributed by atoms with E-state index in [-0.39, 0.29) is 0 Å². The number of rotatable bonds is 7. The minimum Gasteiger partial charge on any atom is -0.497 e. The Labute approximate surface area is 153 Å². The van der Waals surface area contributed by atoms with Gasteiger partial charge in [0.05, 0.1) is 14.2 Å². The van der Waals surface area contributed by atoms with Crippen molar-refractivity contribution in [2.75, 3.05) is 14.2 Å². The van der Waals surface area contributed by atoms with Crippen molar-refractivity contribution in [2.45, 2.75) is 13.0 Å². The van der Waals surface area contributed by atoms with Crippen LogP contribution in [0.3, 0.4) is 0 Å². The molecule has 0 amide bonds. The predicted octanol–water partition coefficient (Wildman–Crippen LogP) is 4.01. The van der Waals surface area contributed by atoms with Gasteiger partial charge in [-0.2, -0.15) is 0 Å². The van der Waals surface area contributed by atoms with Crippen LogP contribution in [-0.2, 0) is 10.0 Å². The zero-order valence-corrected chi connectivity index (χ0v) is 15.8. The largest absolute Gasteiger partial charge is 0.497 e. The summed E-state index contributed by atoms with van der Waals surface area (Å²) in [4.78, 5) is 0. The van der Waals surface area contributed by atoms with Gasteiger partial charge in [-0.3, -0.25) is 0 Å². The lowest BCUT2D eigenvalue weighted by atomic mass is 10.1. The van der Waals surface area contributed by atoms with Gasteiger partial charge in [0.2, 0.25) is 10.0 Å². The maximum Gasteiger partial charge on any atom is 0.234 e. The fourth-order valence-electron chi connectivity index (χ4n) is 2.27. The van der Waals surface area contributed by atoms with Crippen molar-refractivity contribution in [3.8, 4) is 11.5 Å². The van der Waals surface area contributed by atoms with Crippen LogP contribution in [0.25, 0.3) is 6.08 Å². The Kier molecular flexibility index (Phi) is 6.47. The second-order valence-corrected chi connectivity index (χ2v) is 7.38. The Morgan fingerprint density at radius 2 is 1.76 bits per heavy atom. The summed E-state index contributed by atoms with van der Waals surface area (Å²) in [6.45, 7) is 1.74. The molecular formula is C18H20ClNO4S. The van der Waals surface area contributed by atoms with Gasteiger partial charge in [-0.15, -0.1) is 0 Å². The van der Waals surface area contributed by atoms with Crippen molar-refractivity contribution in [1.82, 2.24) is 4.72 Å². The van der Waals surface area contributed by atoms with Gasteiger partial charge in [-0.1, -0.05) is 23.7 Å². The van der Waals surface area contributed by atoms with Crippen molar-refractivity contribution in [2.24, 2.45) is 0 Å². The molecule has 0 saturated heterocycles. The predicted molar refractivity (Wildman–Crippen MR) is 101 cm³/mol. The van der Waals surface area contributed by atoms with Crippen LogP contribution in [0.2, 0.25) is 5.02 Å². The number of methoxy groups -OCH3 is 2. The lowest BCUT2D eigenvalue weighted by molar-refractivity contribution is 0.395. The molecule has 0 bridgehead atoms. The quantitative estimate of drug-likeness (QED) is 0.787. The molecule has 25 heavy (non-hydrogen) atoms. The van der Waals surface area contributed by atoms with Crippen LogP contribution < -0.4 is 14.2 Å². The van der Waals surface area contributed by atoms with Gasteiger partial charge in [0.25, 0.3) is 0 Å². The van der Waals surface area contributed by atoms with E-state index < -0.39 is 16.1 Å². The highest BCUT2D eigenvalue weighted by atomic mass is 35.5. The first-order valence-corrected chi connectivity index (χ1v) is 9.45. The molecule has 0 aliphatic heterocycles. The van der Waals surface area contributed by atoms with Gasteiger partial charge in [0.1, 0.15) is 11.5 Å². The molecule has 0 aromatic heterocycles. The number of halogens is 1. The third kappa shape index (κ3) is 5.49. The molecule has 7 heteroatoms. The summed E-state index contributed by atoms with van der Waals surface area (Å²) < 4.78 is 37.7. The highest BCUT2D eigenvalue weighted by Gasteiger charge is 2.17. The topological polar surface area (TPSA) is 64.6 Å². The molecule has 0 radical (unpaired) electrons. The molecule has 1 N–H and O–H groups in total. The molecule has 2 aromatic carbocycles. The molecule has 5 nitrogen and oxygen atoms in total. The Morgan fingerprint density at radius 3 is 2.36 bits per heavy atom. The maximum atomic E-state index is 12.3. The number of hydrogen-bond acceptors (Lipinski definition) is 4. The van der Waals surface area contributed by atoms with Crippen LogP contribution in [0.4, 0.5) is 0 Å². The minimum absolute atomic E-state index is 0.495. The SMILES string of the molecule is COc1ccc(OC)c([C@@H](C)NS(=O)(=O)/C=C/c2ccc(Cl)cc2)c1. The molecule has 134 valence electrons. The van der Waals surface area contributed by atoms with Crippen LogP contribution in [0.5, 0.6) is 11.5 Å². The fourth-order valence-corrected chi connectivity index (χ4v) is 3.43. The van der Waals surface area contributed by atoms with E-state index in [1.807, 2.05) is 0 Å². The molecule has 0 spiro atoms. The van der Waals surface area contributed by atoms with E-state index in [0.717, 1.165) is 11.0 Å². The van der Waals surface area contributed by atoms with E-state index in [4.69, 9.17) is 21.1 Å². The molecule has 1 atom stereocenters. The second kappa shape index (κ2) is 8.38. The van der Waals surface area contributed by atoms with Gasteiger partial charge in [-0.25, -0.2) is 13.1 Å². The van der Waals surface area contributed by atoms with E-state index in [9.17, 15) is 8.42 Å². The van der Waals surface area contributed by atoms with Crippen molar-refractivity contribution in [3.63, 3.8) is 0 Å². The van der Waals surface area contributed by atoms with Crippen LogP contribution in [0, 0.1) is 0 Å². The maximum absolute atomic E-state index is 12.3. The van der Waals surface area contributed by atoms with Crippen LogP contribution >= 0.6 is 11.6 Å². The molecule has 0 saturated carbocycles. The zero-order valence-electron chi connectivity index (χ0n) is 14.2. The summed E-state index contributed by atoms with van der Waals surface area (Å²) in [7, 11) is -0.556. The number of ether oxygens (including phenoxy) is 2. The normalized spacial score (nSPS) is 13.0. The van der Waals surface area contributed by atoms with Crippen molar-refractivity contribution in [1.29, 1.82) is 0 Å². The number of sulfonamides is 1. The Hall–Kier alpha value is -2.02. The number of benzene rings is 2. The van der Waals surface area contributed by atoms with Crippen molar-refractivity contribution < 1.29 is 17.9 Å². The van der Waals surface area contributed by atoms with Crippen molar-refractivity contribution in [3.05, 3.63) is 64.0 Å². The van der Waals surface area contributed by atoms with Crippen molar-refractivity contribution >= 4 is 27.7 Å². The van der Waals surface area contributed by atoms with Gasteiger partial charge >= 0.3 is 0 Å². The van der Waals surface area contributed by atoms with Gasteiger partial charge < -0.3 is 9.47 Å². The third-order valence-corrected chi connectivity index (χ3v) is 4.98. The van der Waals surface area contributed by atoms with Crippen LogP contribution in [0.15, 0.2) is 47.9 Å². The van der Waals surface area contributed by atoms with Gasteiger partial charge in [0, 0.05) is 22.0 Å². The molecule has 0 aliphatic rings. The molecule has 0 unspecified atom stereocenters. The van der Waals surface area contributed by atoms with E-state index >= 15 is 0 Å². The third-order valence-electron chi connectivity index (χ3n) is 3.55. The summed E-state index contributed by atoms with van der Waals surface area (Å²) in [5.74, 6) is 1.20. The Bertz CT molecular complexity index is 848. The van der Waals surface area contributed by atoms with E-state index in [0.29, 0.717) is 22.1 Å². The molecule has 0 fully saturated rings. The number of hydrogen-bond donors (Lipinski definition) is 1. The standard InChI is InChI=1S/C18H20ClNO4S/c1-13(17-12-16(23-2)8-9-18(17)24-3)20-25(21,22)11-10-14-4-6-15(19)7-5-14/h4-13,20H,1-3H3/b11-10+/t13-/m1/s1. The average Bonchev–Trinajstić information content (AvgIpc) is 2.60. The summed E-state index contributed by atoms with van der Waals surface area (Å²) in [6.07, 6.45) is 1.51. The molecular weight excluding hydrogens is 362 g/mol. The highest BCUT2D eigenvalue weighted by molar-refractivity contribution is 7.92. The monoisotopic (exact) mass is 381 g/mol. The summed E-state index contributed by atoms with van der Waals surface area (Å²) >= 11 is 5.81. The lowest BCUT2D eigenvalue weighted by Crippen LogP contribution is -2.25. The van der Waals surface area contributed by atoms with Gasteiger partial charge in [0.15, 0.2) is 0 Å². The fraction of sp³-hybridized carbons (Fsp3) is 0.222. The summed E-state index contributed by atoms with van der Waals surface area (Å²) in [5.41, 5.74) is 1.42. The molecule has 2 aromatic rings. The van der Waals surface area contributed by atoms with E-state index in [2.05, 4.69) is 4.72 Å². The molecule has 0 aliphatic carbocycles. The highest BCUT2D eigenvalue weighted by Crippen LogP contribution is 2.29. The first kappa shape index (κ1) is 19.3. The van der Waals surface area contributed by atoms with Gasteiger partial charge in [-0.05, 0) is 48.9 Å². The average molecular weight is 382 g/mol. The summed E-state index contributed by atoms with van der Waals surface area (Å²) in [6, 6.07) is 11.6. The Balaban J connectivity index is 2.18. The first-order valence-electron chi connectivity index (χ1n) is 7.52. The second-order valence-electron chi connectivity index (χ2n) is 5.35. The first-order chi connectivity index (χ1) is 11.8.